The fourth-order valence-electron chi connectivity index (χ4n) is 4.16. The molecule has 2 aliphatic rings. The highest BCUT2D eigenvalue weighted by Crippen LogP contribution is 2.26. The molecule has 1 aromatic carbocycles. The highest BCUT2D eigenvalue weighted by molar-refractivity contribution is 7.89. The van der Waals surface area contributed by atoms with Gasteiger partial charge in [0.25, 0.3) is 0 Å². The lowest BCUT2D eigenvalue weighted by Crippen LogP contribution is -2.52. The number of piperazine rings is 1. The zero-order chi connectivity index (χ0) is 22.0. The summed E-state index contributed by atoms with van der Waals surface area (Å²) in [7, 11) is -3.74. The minimum absolute atomic E-state index is 0.0258. The number of thiophene rings is 1. The van der Waals surface area contributed by atoms with E-state index in [-0.39, 0.29) is 23.3 Å². The normalized spacial score (nSPS) is 21.4. The molecule has 1 atom stereocenters. The predicted molar refractivity (Wildman–Crippen MR) is 119 cm³/mol. The van der Waals surface area contributed by atoms with Crippen LogP contribution in [0.1, 0.15) is 17.7 Å². The molecule has 2 aromatic rings. The van der Waals surface area contributed by atoms with E-state index in [1.807, 2.05) is 17.0 Å². The SMILES string of the molecule is O=C(C1CCCN(S(=O)(=O)c2ccc(F)cc2)C1)N1CCN(Cc2ccc(Cl)s2)CC1. The molecule has 0 aliphatic carbocycles. The molecule has 1 unspecified atom stereocenters. The largest absolute Gasteiger partial charge is 0.340 e. The smallest absolute Gasteiger partial charge is 0.243 e. The quantitative estimate of drug-likeness (QED) is 0.652. The van der Waals surface area contributed by atoms with Gasteiger partial charge in [-0.2, -0.15) is 4.31 Å². The molecule has 0 spiro atoms. The molecular formula is C21H25ClFN3O3S2. The van der Waals surface area contributed by atoms with Crippen LogP contribution in [0.5, 0.6) is 0 Å². The summed E-state index contributed by atoms with van der Waals surface area (Å²) in [5.41, 5.74) is 0. The lowest BCUT2D eigenvalue weighted by atomic mass is 9.98. The van der Waals surface area contributed by atoms with Gasteiger partial charge in [0.1, 0.15) is 5.82 Å². The summed E-state index contributed by atoms with van der Waals surface area (Å²) < 4.78 is 41.2. The first-order valence-electron chi connectivity index (χ1n) is 10.3. The maximum absolute atomic E-state index is 13.2. The molecule has 31 heavy (non-hydrogen) atoms. The van der Waals surface area contributed by atoms with Crippen LogP contribution < -0.4 is 0 Å². The Kier molecular flexibility index (Phi) is 6.98. The minimum Gasteiger partial charge on any atom is -0.340 e. The van der Waals surface area contributed by atoms with E-state index in [9.17, 15) is 17.6 Å². The first-order valence-corrected chi connectivity index (χ1v) is 13.0. The Bertz CT molecular complexity index is 1020. The highest BCUT2D eigenvalue weighted by Gasteiger charge is 2.35. The Hall–Kier alpha value is -1.52. The van der Waals surface area contributed by atoms with Crippen molar-refractivity contribution in [2.75, 3.05) is 39.3 Å². The Labute approximate surface area is 191 Å². The molecule has 3 heterocycles. The molecule has 2 aliphatic heterocycles. The van der Waals surface area contributed by atoms with Crippen molar-refractivity contribution in [3.8, 4) is 0 Å². The zero-order valence-corrected chi connectivity index (χ0v) is 19.4. The van der Waals surface area contributed by atoms with E-state index in [4.69, 9.17) is 11.6 Å². The van der Waals surface area contributed by atoms with Crippen LogP contribution in [0, 0.1) is 11.7 Å². The van der Waals surface area contributed by atoms with E-state index >= 15 is 0 Å². The van der Waals surface area contributed by atoms with E-state index in [1.54, 1.807) is 11.3 Å². The fourth-order valence-corrected chi connectivity index (χ4v) is 6.81. The van der Waals surface area contributed by atoms with Gasteiger partial charge in [0.2, 0.25) is 15.9 Å². The molecular weight excluding hydrogens is 461 g/mol. The summed E-state index contributed by atoms with van der Waals surface area (Å²) in [6.45, 7) is 4.22. The van der Waals surface area contributed by atoms with Gasteiger partial charge in [-0.25, -0.2) is 12.8 Å². The average molecular weight is 486 g/mol. The number of nitrogens with zero attached hydrogens (tertiary/aromatic N) is 3. The Morgan fingerprint density at radius 3 is 2.42 bits per heavy atom. The summed E-state index contributed by atoms with van der Waals surface area (Å²) >= 11 is 7.57. The van der Waals surface area contributed by atoms with Crippen LogP contribution in [0.15, 0.2) is 41.3 Å². The number of hydrogen-bond acceptors (Lipinski definition) is 5. The van der Waals surface area contributed by atoms with Gasteiger partial charge in [-0.3, -0.25) is 9.69 Å². The van der Waals surface area contributed by atoms with Crippen LogP contribution in [0.4, 0.5) is 4.39 Å². The Balaban J connectivity index is 1.34. The van der Waals surface area contributed by atoms with E-state index in [0.717, 1.165) is 36.1 Å². The van der Waals surface area contributed by atoms with Crippen molar-refractivity contribution in [2.45, 2.75) is 24.3 Å². The van der Waals surface area contributed by atoms with Crippen LogP contribution in [-0.2, 0) is 21.4 Å². The van der Waals surface area contributed by atoms with Crippen molar-refractivity contribution in [1.82, 2.24) is 14.1 Å². The molecule has 10 heteroatoms. The minimum atomic E-state index is -3.74. The van der Waals surface area contributed by atoms with Crippen molar-refractivity contribution in [2.24, 2.45) is 5.92 Å². The van der Waals surface area contributed by atoms with Crippen molar-refractivity contribution in [3.63, 3.8) is 0 Å². The molecule has 0 saturated carbocycles. The summed E-state index contributed by atoms with van der Waals surface area (Å²) in [4.78, 5) is 18.5. The van der Waals surface area contributed by atoms with Gasteiger partial charge >= 0.3 is 0 Å². The predicted octanol–water partition coefficient (Wildman–Crippen LogP) is 3.29. The van der Waals surface area contributed by atoms with Crippen LogP contribution in [0.25, 0.3) is 0 Å². The third-order valence-electron chi connectivity index (χ3n) is 5.88. The van der Waals surface area contributed by atoms with E-state index in [2.05, 4.69) is 4.90 Å². The molecule has 168 valence electrons. The average Bonchev–Trinajstić information content (AvgIpc) is 3.18. The lowest BCUT2D eigenvalue weighted by molar-refractivity contribution is -0.138. The van der Waals surface area contributed by atoms with Gasteiger partial charge in [0.15, 0.2) is 0 Å². The second kappa shape index (κ2) is 9.54. The van der Waals surface area contributed by atoms with Crippen molar-refractivity contribution in [1.29, 1.82) is 0 Å². The standard InChI is InChI=1S/C21H25ClFN3O3S2/c22-20-8-5-18(30-20)15-24-10-12-25(13-11-24)21(27)16-2-1-9-26(14-16)31(28,29)19-6-3-17(23)4-7-19/h3-8,16H,1-2,9-15H2. The molecule has 2 fully saturated rings. The molecule has 1 aromatic heterocycles. The zero-order valence-electron chi connectivity index (χ0n) is 17.0. The Morgan fingerprint density at radius 2 is 1.77 bits per heavy atom. The van der Waals surface area contributed by atoms with Crippen LogP contribution >= 0.6 is 22.9 Å². The number of carbonyl (C=O) groups excluding carboxylic acids is 1. The van der Waals surface area contributed by atoms with Gasteiger partial charge in [-0.1, -0.05) is 11.6 Å². The van der Waals surface area contributed by atoms with Gasteiger partial charge < -0.3 is 4.90 Å². The van der Waals surface area contributed by atoms with E-state index < -0.39 is 15.8 Å². The second-order valence-electron chi connectivity index (χ2n) is 7.96. The number of benzene rings is 1. The molecule has 0 N–H and O–H groups in total. The molecule has 4 rings (SSSR count). The molecule has 1 amide bonds. The number of carbonyl (C=O) groups is 1. The number of sulfonamides is 1. The molecule has 6 nitrogen and oxygen atoms in total. The van der Waals surface area contributed by atoms with Crippen LogP contribution in [0.2, 0.25) is 4.34 Å². The van der Waals surface area contributed by atoms with Crippen molar-refractivity contribution < 1.29 is 17.6 Å². The number of halogens is 2. The Morgan fingerprint density at radius 1 is 1.06 bits per heavy atom. The third-order valence-corrected chi connectivity index (χ3v) is 8.97. The van der Waals surface area contributed by atoms with E-state index in [1.165, 1.54) is 21.3 Å². The fraction of sp³-hybridized carbons (Fsp3) is 0.476. The molecule has 0 radical (unpaired) electrons. The van der Waals surface area contributed by atoms with Gasteiger partial charge in [-0.15, -0.1) is 11.3 Å². The maximum atomic E-state index is 13.2. The van der Waals surface area contributed by atoms with Crippen molar-refractivity contribution in [3.05, 3.63) is 51.4 Å². The highest BCUT2D eigenvalue weighted by atomic mass is 35.5. The number of rotatable bonds is 5. The first kappa shape index (κ1) is 22.7. The van der Waals surface area contributed by atoms with Crippen LogP contribution in [-0.4, -0.2) is 67.7 Å². The second-order valence-corrected chi connectivity index (χ2v) is 11.7. The first-order chi connectivity index (χ1) is 14.8. The summed E-state index contributed by atoms with van der Waals surface area (Å²) in [6.07, 6.45) is 1.32. The van der Waals surface area contributed by atoms with Gasteiger partial charge in [0.05, 0.1) is 15.1 Å². The van der Waals surface area contributed by atoms with Crippen molar-refractivity contribution >= 4 is 38.9 Å². The van der Waals surface area contributed by atoms with Crippen LogP contribution in [0.3, 0.4) is 0 Å². The van der Waals surface area contributed by atoms with Gasteiger partial charge in [-0.05, 0) is 49.2 Å². The molecule has 0 bridgehead atoms. The number of hydrogen-bond donors (Lipinski definition) is 0. The third kappa shape index (κ3) is 5.28. The number of piperidine rings is 1. The van der Waals surface area contributed by atoms with Gasteiger partial charge in [0, 0.05) is 50.7 Å². The number of amides is 1. The monoisotopic (exact) mass is 485 g/mol. The summed E-state index contributed by atoms with van der Waals surface area (Å²) in [6, 6.07) is 8.76. The topological polar surface area (TPSA) is 60.9 Å². The molecule has 2 saturated heterocycles. The lowest BCUT2D eigenvalue weighted by Gasteiger charge is -2.38. The summed E-state index contributed by atoms with van der Waals surface area (Å²) in [5, 5.41) is 0. The maximum Gasteiger partial charge on any atom is 0.243 e. The summed E-state index contributed by atoms with van der Waals surface area (Å²) in [5.74, 6) is -0.795. The van der Waals surface area contributed by atoms with E-state index in [0.29, 0.717) is 32.5 Å².